The third-order valence-corrected chi connectivity index (χ3v) is 3.60. The standard InChI is InChI=1S/C18H13N3O3/c22-16(7-6-12-3-1-5-15-18(12)24-11-23-15)21-14-8-10-19-13-4-2-9-20-17(13)14/h1-10H,11H2,(H,19,21,22)/b7-6+. The van der Waals surface area contributed by atoms with E-state index in [0.717, 1.165) is 11.1 Å². The molecule has 0 atom stereocenters. The maximum absolute atomic E-state index is 12.2. The molecule has 4 rings (SSSR count). The highest BCUT2D eigenvalue weighted by Crippen LogP contribution is 2.35. The number of anilines is 1. The minimum absolute atomic E-state index is 0.195. The average molecular weight is 319 g/mol. The van der Waals surface area contributed by atoms with Crippen molar-refractivity contribution in [1.82, 2.24) is 9.97 Å². The first-order valence-corrected chi connectivity index (χ1v) is 7.39. The molecule has 2 aromatic heterocycles. The monoisotopic (exact) mass is 319 g/mol. The molecule has 3 heterocycles. The second-order valence-corrected chi connectivity index (χ2v) is 5.13. The number of pyridine rings is 2. The van der Waals surface area contributed by atoms with Gasteiger partial charge in [0.2, 0.25) is 12.7 Å². The van der Waals surface area contributed by atoms with Crippen molar-refractivity contribution in [3.63, 3.8) is 0 Å². The van der Waals surface area contributed by atoms with Crippen LogP contribution in [0.15, 0.2) is 54.9 Å². The molecule has 0 unspecified atom stereocenters. The molecule has 24 heavy (non-hydrogen) atoms. The summed E-state index contributed by atoms with van der Waals surface area (Å²) in [5, 5.41) is 2.82. The summed E-state index contributed by atoms with van der Waals surface area (Å²) in [6, 6.07) is 10.9. The molecule has 0 fully saturated rings. The molecule has 1 aromatic carbocycles. The first-order chi connectivity index (χ1) is 11.8. The van der Waals surface area contributed by atoms with Crippen LogP contribution in [-0.4, -0.2) is 22.7 Å². The number of ether oxygens (including phenoxy) is 2. The van der Waals surface area contributed by atoms with Crippen LogP contribution in [0.3, 0.4) is 0 Å². The molecular weight excluding hydrogens is 306 g/mol. The number of carbonyl (C=O) groups is 1. The Hall–Kier alpha value is -3.41. The summed E-state index contributed by atoms with van der Waals surface area (Å²) in [7, 11) is 0. The van der Waals surface area contributed by atoms with Gasteiger partial charge in [0.05, 0.1) is 11.2 Å². The number of benzene rings is 1. The number of nitrogens with one attached hydrogen (secondary N) is 1. The molecule has 6 nitrogen and oxygen atoms in total. The molecule has 1 aliphatic heterocycles. The van der Waals surface area contributed by atoms with Crippen molar-refractivity contribution in [2.75, 3.05) is 12.1 Å². The first kappa shape index (κ1) is 14.2. The van der Waals surface area contributed by atoms with Gasteiger partial charge in [0, 0.05) is 24.0 Å². The minimum Gasteiger partial charge on any atom is -0.454 e. The van der Waals surface area contributed by atoms with E-state index in [2.05, 4.69) is 15.3 Å². The zero-order valence-corrected chi connectivity index (χ0v) is 12.6. The summed E-state index contributed by atoms with van der Waals surface area (Å²) >= 11 is 0. The van der Waals surface area contributed by atoms with Gasteiger partial charge in [-0.1, -0.05) is 12.1 Å². The van der Waals surface area contributed by atoms with Crippen LogP contribution in [-0.2, 0) is 4.79 Å². The number of amides is 1. The van der Waals surface area contributed by atoms with E-state index in [4.69, 9.17) is 9.47 Å². The average Bonchev–Trinajstić information content (AvgIpc) is 3.09. The Balaban J connectivity index is 1.56. The van der Waals surface area contributed by atoms with Crippen molar-refractivity contribution < 1.29 is 14.3 Å². The summed E-state index contributed by atoms with van der Waals surface area (Å²) in [6.45, 7) is 0.195. The van der Waals surface area contributed by atoms with Gasteiger partial charge in [-0.3, -0.25) is 14.8 Å². The summed E-state index contributed by atoms with van der Waals surface area (Å²) < 4.78 is 10.7. The van der Waals surface area contributed by atoms with E-state index in [0.29, 0.717) is 22.7 Å². The molecule has 0 spiro atoms. The number of hydrogen-bond donors (Lipinski definition) is 1. The molecule has 1 N–H and O–H groups in total. The smallest absolute Gasteiger partial charge is 0.248 e. The zero-order valence-electron chi connectivity index (χ0n) is 12.6. The van der Waals surface area contributed by atoms with Gasteiger partial charge in [-0.05, 0) is 30.3 Å². The Morgan fingerprint density at radius 2 is 2.04 bits per heavy atom. The second kappa shape index (κ2) is 6.00. The second-order valence-electron chi connectivity index (χ2n) is 5.13. The van der Waals surface area contributed by atoms with Crippen LogP contribution in [0.25, 0.3) is 17.1 Å². The largest absolute Gasteiger partial charge is 0.454 e. The molecule has 1 aliphatic rings. The Morgan fingerprint density at radius 1 is 1.08 bits per heavy atom. The molecule has 1 amide bonds. The Bertz CT molecular complexity index is 948. The highest BCUT2D eigenvalue weighted by molar-refractivity contribution is 6.06. The number of rotatable bonds is 3. The van der Waals surface area contributed by atoms with Gasteiger partial charge in [-0.25, -0.2) is 0 Å². The highest BCUT2D eigenvalue weighted by atomic mass is 16.7. The minimum atomic E-state index is -0.260. The van der Waals surface area contributed by atoms with E-state index in [-0.39, 0.29) is 12.7 Å². The van der Waals surface area contributed by atoms with E-state index in [1.165, 1.54) is 6.08 Å². The van der Waals surface area contributed by atoms with Crippen LogP contribution in [0.1, 0.15) is 5.56 Å². The Labute approximate surface area is 137 Å². The number of para-hydroxylation sites is 1. The molecule has 0 bridgehead atoms. The molecular formula is C18H13N3O3. The van der Waals surface area contributed by atoms with Gasteiger partial charge >= 0.3 is 0 Å². The Kier molecular flexibility index (Phi) is 3.55. The fourth-order valence-electron chi connectivity index (χ4n) is 2.50. The third kappa shape index (κ3) is 2.65. The van der Waals surface area contributed by atoms with E-state index in [9.17, 15) is 4.79 Å². The fraction of sp³-hybridized carbons (Fsp3) is 0.0556. The van der Waals surface area contributed by atoms with Gasteiger partial charge in [0.1, 0.15) is 5.52 Å². The van der Waals surface area contributed by atoms with Crippen LogP contribution < -0.4 is 14.8 Å². The molecule has 6 heteroatoms. The summed E-state index contributed by atoms with van der Waals surface area (Å²) in [4.78, 5) is 20.7. The van der Waals surface area contributed by atoms with Crippen molar-refractivity contribution >= 4 is 28.7 Å². The summed E-state index contributed by atoms with van der Waals surface area (Å²) in [5.74, 6) is 1.07. The summed E-state index contributed by atoms with van der Waals surface area (Å²) in [6.07, 6.45) is 6.45. The number of aromatic nitrogens is 2. The van der Waals surface area contributed by atoms with Crippen LogP contribution in [0.4, 0.5) is 5.69 Å². The number of carbonyl (C=O) groups excluding carboxylic acids is 1. The quantitative estimate of drug-likeness (QED) is 0.751. The van der Waals surface area contributed by atoms with E-state index >= 15 is 0 Å². The van der Waals surface area contributed by atoms with Crippen LogP contribution in [0, 0.1) is 0 Å². The lowest BCUT2D eigenvalue weighted by atomic mass is 10.1. The summed E-state index contributed by atoms with van der Waals surface area (Å²) in [5.41, 5.74) is 2.79. The van der Waals surface area contributed by atoms with Gasteiger partial charge in [0.15, 0.2) is 11.5 Å². The fourth-order valence-corrected chi connectivity index (χ4v) is 2.50. The van der Waals surface area contributed by atoms with Crippen LogP contribution in [0.2, 0.25) is 0 Å². The topological polar surface area (TPSA) is 73.3 Å². The predicted molar refractivity (Wildman–Crippen MR) is 89.8 cm³/mol. The lowest BCUT2D eigenvalue weighted by Crippen LogP contribution is -2.08. The van der Waals surface area contributed by atoms with Gasteiger partial charge in [0.25, 0.3) is 0 Å². The van der Waals surface area contributed by atoms with Gasteiger partial charge in [-0.2, -0.15) is 0 Å². The van der Waals surface area contributed by atoms with Crippen LogP contribution in [0.5, 0.6) is 11.5 Å². The van der Waals surface area contributed by atoms with Crippen molar-refractivity contribution in [3.05, 3.63) is 60.4 Å². The number of fused-ring (bicyclic) bond motifs is 2. The molecule has 0 radical (unpaired) electrons. The predicted octanol–water partition coefficient (Wildman–Crippen LogP) is 3.01. The van der Waals surface area contributed by atoms with Gasteiger partial charge < -0.3 is 14.8 Å². The Morgan fingerprint density at radius 3 is 3.00 bits per heavy atom. The first-order valence-electron chi connectivity index (χ1n) is 7.39. The number of hydrogen-bond acceptors (Lipinski definition) is 5. The molecule has 0 saturated carbocycles. The van der Waals surface area contributed by atoms with Gasteiger partial charge in [-0.15, -0.1) is 0 Å². The number of nitrogens with zero attached hydrogens (tertiary/aromatic N) is 2. The van der Waals surface area contributed by atoms with Crippen molar-refractivity contribution in [2.24, 2.45) is 0 Å². The highest BCUT2D eigenvalue weighted by Gasteiger charge is 2.15. The molecule has 0 aliphatic carbocycles. The maximum atomic E-state index is 12.2. The lowest BCUT2D eigenvalue weighted by molar-refractivity contribution is -0.111. The van der Waals surface area contributed by atoms with Crippen LogP contribution >= 0.6 is 0 Å². The lowest BCUT2D eigenvalue weighted by Gasteiger charge is -2.05. The third-order valence-electron chi connectivity index (χ3n) is 3.60. The molecule has 118 valence electrons. The van der Waals surface area contributed by atoms with E-state index in [1.54, 1.807) is 30.6 Å². The van der Waals surface area contributed by atoms with E-state index in [1.807, 2.05) is 24.3 Å². The van der Waals surface area contributed by atoms with E-state index < -0.39 is 0 Å². The maximum Gasteiger partial charge on any atom is 0.248 e. The SMILES string of the molecule is O=C(/C=C/c1cccc2c1OCO2)Nc1ccnc2cccnc12. The molecule has 3 aromatic rings. The van der Waals surface area contributed by atoms with Crippen molar-refractivity contribution in [3.8, 4) is 11.5 Å². The van der Waals surface area contributed by atoms with Crippen molar-refractivity contribution in [2.45, 2.75) is 0 Å². The molecule has 0 saturated heterocycles. The van der Waals surface area contributed by atoms with Crippen molar-refractivity contribution in [1.29, 1.82) is 0 Å². The zero-order chi connectivity index (χ0) is 16.4. The normalized spacial score (nSPS) is 12.7.